The monoisotopic (exact) mass is 588 g/mol. The maximum Gasteiger partial charge on any atom is 4.00 e. The van der Waals surface area contributed by atoms with Crippen molar-refractivity contribution in [2.75, 3.05) is 0 Å². The molecule has 0 N–H and O–H groups in total. The molecule has 29 heavy (non-hydrogen) atoms. The number of halogens is 2. The predicted octanol–water partition coefficient (Wildman–Crippen LogP) is 0.796. The third-order valence-corrected chi connectivity index (χ3v) is 4.68. The van der Waals surface area contributed by atoms with Crippen molar-refractivity contribution in [2.45, 2.75) is 39.5 Å². The molecule has 3 heteroatoms. The Morgan fingerprint density at radius 3 is 1.41 bits per heavy atom. The number of allylic oxidation sites excluding steroid dienone is 8. The van der Waals surface area contributed by atoms with E-state index in [9.17, 15) is 0 Å². The molecular formula is C26H26Cl2Hf. The van der Waals surface area contributed by atoms with E-state index in [0.29, 0.717) is 0 Å². The predicted molar refractivity (Wildman–Crippen MR) is 112 cm³/mol. The van der Waals surface area contributed by atoms with Gasteiger partial charge in [0.05, 0.1) is 0 Å². The summed E-state index contributed by atoms with van der Waals surface area (Å²) in [4.78, 5) is 0. The molecule has 0 spiro atoms. The van der Waals surface area contributed by atoms with Crippen LogP contribution in [0.15, 0.2) is 72.8 Å². The summed E-state index contributed by atoms with van der Waals surface area (Å²) in [7, 11) is 0. The first-order valence-corrected chi connectivity index (χ1v) is 9.53. The fraction of sp³-hybridized carbons (Fsp3) is 0.231. The summed E-state index contributed by atoms with van der Waals surface area (Å²) in [5.74, 6) is 0. The van der Waals surface area contributed by atoms with Crippen molar-refractivity contribution in [1.82, 2.24) is 0 Å². The smallest absolute Gasteiger partial charge is 1.00 e. The number of benzene rings is 2. The van der Waals surface area contributed by atoms with E-state index in [0.717, 1.165) is 25.7 Å². The maximum atomic E-state index is 3.33. The van der Waals surface area contributed by atoms with Crippen LogP contribution in [0, 0.1) is 12.2 Å². The van der Waals surface area contributed by atoms with Gasteiger partial charge in [-0.15, -0.1) is 47.5 Å². The fourth-order valence-electron chi connectivity index (χ4n) is 3.12. The second kappa shape index (κ2) is 14.8. The van der Waals surface area contributed by atoms with Crippen molar-refractivity contribution in [2.24, 2.45) is 0 Å². The molecule has 0 atom stereocenters. The summed E-state index contributed by atoms with van der Waals surface area (Å²) in [6.45, 7) is 4.36. The molecule has 148 valence electrons. The van der Waals surface area contributed by atoms with Crippen LogP contribution in [-0.2, 0) is 38.7 Å². The number of rotatable bonds is 4. The van der Waals surface area contributed by atoms with Gasteiger partial charge < -0.3 is 24.8 Å². The zero-order valence-electron chi connectivity index (χ0n) is 17.0. The third kappa shape index (κ3) is 8.24. The Balaban J connectivity index is 0.000000490. The first-order valence-electron chi connectivity index (χ1n) is 9.53. The van der Waals surface area contributed by atoms with Gasteiger partial charge in [0, 0.05) is 0 Å². The number of hydrogen-bond donors (Lipinski definition) is 0. The van der Waals surface area contributed by atoms with E-state index >= 15 is 0 Å². The maximum absolute atomic E-state index is 3.33. The van der Waals surface area contributed by atoms with Crippen molar-refractivity contribution in [3.8, 4) is 0 Å². The van der Waals surface area contributed by atoms with Gasteiger partial charge in [-0.05, 0) is 12.8 Å². The summed E-state index contributed by atoms with van der Waals surface area (Å²) in [5.41, 5.74) is 7.88. The second-order valence-corrected chi connectivity index (χ2v) is 6.50. The Morgan fingerprint density at radius 2 is 1.10 bits per heavy atom. The van der Waals surface area contributed by atoms with Crippen LogP contribution in [0.5, 0.6) is 0 Å². The van der Waals surface area contributed by atoms with Crippen LogP contribution in [0.3, 0.4) is 0 Å². The molecular weight excluding hydrogens is 562 g/mol. The Hall–Kier alpha value is -1.15. The average molecular weight is 588 g/mol. The van der Waals surface area contributed by atoms with Crippen LogP contribution < -0.4 is 24.8 Å². The molecule has 2 aliphatic carbocycles. The van der Waals surface area contributed by atoms with Gasteiger partial charge in [0.1, 0.15) is 0 Å². The first kappa shape index (κ1) is 27.9. The normalized spacial score (nSPS) is 13.2. The Morgan fingerprint density at radius 1 is 0.690 bits per heavy atom. The van der Waals surface area contributed by atoms with Gasteiger partial charge in [-0.2, -0.15) is 35.5 Å². The van der Waals surface area contributed by atoms with Gasteiger partial charge in [0.2, 0.25) is 0 Å². The SMILES string of the molecule is CCc1cccc(C2=[C-]CC=C2)c1.CCc1cccc(C2=[C-]CC=C2)c1.[Cl-].[Cl-].[Hf+4]. The molecule has 0 aromatic heterocycles. The van der Waals surface area contributed by atoms with Crippen LogP contribution in [0.1, 0.15) is 48.9 Å². The average Bonchev–Trinajstić information content (AvgIpc) is 3.42. The topological polar surface area (TPSA) is 0 Å². The van der Waals surface area contributed by atoms with Crippen LogP contribution in [-0.4, -0.2) is 0 Å². The van der Waals surface area contributed by atoms with Crippen molar-refractivity contribution in [3.63, 3.8) is 0 Å². The Labute approximate surface area is 207 Å². The molecule has 2 aliphatic rings. The van der Waals surface area contributed by atoms with Gasteiger partial charge in [-0.25, -0.2) is 0 Å². The van der Waals surface area contributed by atoms with E-state index in [-0.39, 0.29) is 50.7 Å². The van der Waals surface area contributed by atoms with E-state index in [1.807, 2.05) is 0 Å². The van der Waals surface area contributed by atoms with Gasteiger partial charge in [-0.1, -0.05) is 62.1 Å². The number of hydrogen-bond acceptors (Lipinski definition) is 0. The van der Waals surface area contributed by atoms with Crippen LogP contribution in [0.4, 0.5) is 0 Å². The Kier molecular flexibility index (Phi) is 14.2. The summed E-state index contributed by atoms with van der Waals surface area (Å²) in [5, 5.41) is 0. The minimum absolute atomic E-state index is 0. The molecule has 0 radical (unpaired) electrons. The van der Waals surface area contributed by atoms with Crippen molar-refractivity contribution >= 4 is 11.1 Å². The molecule has 0 amide bonds. The van der Waals surface area contributed by atoms with E-state index in [1.165, 1.54) is 33.4 Å². The number of aryl methyl sites for hydroxylation is 2. The molecule has 0 heterocycles. The van der Waals surface area contributed by atoms with Crippen LogP contribution >= 0.6 is 0 Å². The van der Waals surface area contributed by atoms with Gasteiger partial charge in [0.15, 0.2) is 0 Å². The quantitative estimate of drug-likeness (QED) is 0.367. The van der Waals surface area contributed by atoms with Crippen molar-refractivity contribution < 1.29 is 50.7 Å². The molecule has 4 rings (SSSR count). The Bertz CT molecular complexity index is 802. The van der Waals surface area contributed by atoms with Gasteiger partial charge >= 0.3 is 25.8 Å². The molecule has 0 nitrogen and oxygen atoms in total. The molecule has 0 unspecified atom stereocenters. The minimum atomic E-state index is 0. The van der Waals surface area contributed by atoms with E-state index in [4.69, 9.17) is 0 Å². The van der Waals surface area contributed by atoms with Crippen LogP contribution in [0.2, 0.25) is 0 Å². The van der Waals surface area contributed by atoms with Gasteiger partial charge in [-0.3, -0.25) is 0 Å². The molecule has 0 bridgehead atoms. The van der Waals surface area contributed by atoms with Crippen molar-refractivity contribution in [1.29, 1.82) is 0 Å². The second-order valence-electron chi connectivity index (χ2n) is 6.50. The fourth-order valence-corrected chi connectivity index (χ4v) is 3.12. The summed E-state index contributed by atoms with van der Waals surface area (Å²) < 4.78 is 0. The largest absolute Gasteiger partial charge is 4.00 e. The molecule has 0 saturated carbocycles. The van der Waals surface area contributed by atoms with E-state index < -0.39 is 0 Å². The summed E-state index contributed by atoms with van der Waals surface area (Å²) in [6.07, 6.45) is 19.4. The van der Waals surface area contributed by atoms with Crippen LogP contribution in [0.25, 0.3) is 11.1 Å². The van der Waals surface area contributed by atoms with Crippen molar-refractivity contribution in [3.05, 3.63) is 107 Å². The summed E-state index contributed by atoms with van der Waals surface area (Å²) >= 11 is 0. The third-order valence-electron chi connectivity index (χ3n) is 4.68. The standard InChI is InChI=1S/2C13H13.2ClH.Hf/c2*1-2-11-6-5-9-13(10-11)12-7-3-4-8-12;;;/h2*3,5-7,9-10H,2,4H2,1H3;2*1H;/q2*-1;;;+4/p-2. The molecule has 0 aliphatic heterocycles. The zero-order chi connectivity index (χ0) is 18.2. The van der Waals surface area contributed by atoms with E-state index in [2.05, 4.69) is 98.8 Å². The molecule has 0 fully saturated rings. The van der Waals surface area contributed by atoms with E-state index in [1.54, 1.807) is 0 Å². The minimum Gasteiger partial charge on any atom is -1.00 e. The molecule has 2 aromatic carbocycles. The first-order chi connectivity index (χ1) is 12.8. The molecule has 0 saturated heterocycles. The summed E-state index contributed by atoms with van der Waals surface area (Å²) in [6, 6.07) is 17.4. The van der Waals surface area contributed by atoms with Gasteiger partial charge in [0.25, 0.3) is 0 Å². The molecule has 2 aromatic rings. The zero-order valence-corrected chi connectivity index (χ0v) is 22.1.